The van der Waals surface area contributed by atoms with Crippen LogP contribution in [-0.2, 0) is 0 Å². The SMILES string of the molecule is CC1(O)CCN(C(=O)c2cc3cccc(N)c3[nH]2)CC1. The first-order chi connectivity index (χ1) is 9.46. The van der Waals surface area contributed by atoms with Crippen LogP contribution in [0.5, 0.6) is 0 Å². The Morgan fingerprint density at radius 2 is 2.10 bits per heavy atom. The summed E-state index contributed by atoms with van der Waals surface area (Å²) in [6.45, 7) is 2.98. The van der Waals surface area contributed by atoms with Gasteiger partial charge in [-0.1, -0.05) is 12.1 Å². The number of hydrogen-bond donors (Lipinski definition) is 3. The van der Waals surface area contributed by atoms with Crippen LogP contribution in [0.3, 0.4) is 0 Å². The topological polar surface area (TPSA) is 82.3 Å². The minimum absolute atomic E-state index is 0.0314. The van der Waals surface area contributed by atoms with E-state index in [0.717, 1.165) is 10.9 Å². The van der Waals surface area contributed by atoms with Crippen LogP contribution in [0.15, 0.2) is 24.3 Å². The van der Waals surface area contributed by atoms with Gasteiger partial charge in [-0.05, 0) is 31.9 Å². The number of piperidine rings is 1. The summed E-state index contributed by atoms with van der Waals surface area (Å²) in [6.07, 6.45) is 1.22. The molecule has 1 aromatic carbocycles. The van der Waals surface area contributed by atoms with Crippen LogP contribution in [0.4, 0.5) is 5.69 Å². The molecule has 1 aliphatic heterocycles. The minimum Gasteiger partial charge on any atom is -0.397 e. The number of fused-ring (bicyclic) bond motifs is 1. The first-order valence-electron chi connectivity index (χ1n) is 6.85. The van der Waals surface area contributed by atoms with E-state index in [0.29, 0.717) is 37.3 Å². The van der Waals surface area contributed by atoms with Crippen molar-refractivity contribution in [2.45, 2.75) is 25.4 Å². The average Bonchev–Trinajstić information content (AvgIpc) is 2.83. The van der Waals surface area contributed by atoms with E-state index >= 15 is 0 Å². The summed E-state index contributed by atoms with van der Waals surface area (Å²) in [4.78, 5) is 17.3. The van der Waals surface area contributed by atoms with Crippen LogP contribution in [-0.4, -0.2) is 39.6 Å². The summed E-state index contributed by atoms with van der Waals surface area (Å²) < 4.78 is 0. The van der Waals surface area contributed by atoms with Crippen molar-refractivity contribution in [3.8, 4) is 0 Å². The van der Waals surface area contributed by atoms with Crippen molar-refractivity contribution in [1.82, 2.24) is 9.88 Å². The third kappa shape index (κ3) is 2.25. The van der Waals surface area contributed by atoms with E-state index in [9.17, 15) is 9.90 Å². The summed E-state index contributed by atoms with van der Waals surface area (Å²) in [6, 6.07) is 7.45. The highest BCUT2D eigenvalue weighted by molar-refractivity contribution is 6.00. The Morgan fingerprint density at radius 3 is 2.75 bits per heavy atom. The number of hydrogen-bond acceptors (Lipinski definition) is 3. The van der Waals surface area contributed by atoms with Gasteiger partial charge in [0.25, 0.3) is 5.91 Å². The Morgan fingerprint density at radius 1 is 1.40 bits per heavy atom. The lowest BCUT2D eigenvalue weighted by atomic mass is 9.94. The van der Waals surface area contributed by atoms with Crippen LogP contribution in [0.2, 0.25) is 0 Å². The number of amides is 1. The highest BCUT2D eigenvalue weighted by Crippen LogP contribution is 2.25. The van der Waals surface area contributed by atoms with Crippen molar-refractivity contribution < 1.29 is 9.90 Å². The number of aromatic amines is 1. The molecule has 106 valence electrons. The number of benzene rings is 1. The number of carbonyl (C=O) groups is 1. The van der Waals surface area contributed by atoms with Gasteiger partial charge in [0.05, 0.1) is 16.8 Å². The van der Waals surface area contributed by atoms with Gasteiger partial charge in [-0.2, -0.15) is 0 Å². The molecule has 1 fully saturated rings. The van der Waals surface area contributed by atoms with Gasteiger partial charge in [-0.3, -0.25) is 4.79 Å². The molecule has 4 N–H and O–H groups in total. The lowest BCUT2D eigenvalue weighted by Gasteiger charge is -2.35. The number of H-pyrrole nitrogens is 1. The highest BCUT2D eigenvalue weighted by Gasteiger charge is 2.30. The zero-order chi connectivity index (χ0) is 14.3. The van der Waals surface area contributed by atoms with E-state index in [1.54, 1.807) is 4.90 Å². The van der Waals surface area contributed by atoms with E-state index < -0.39 is 5.60 Å². The maximum absolute atomic E-state index is 12.5. The smallest absolute Gasteiger partial charge is 0.270 e. The van der Waals surface area contributed by atoms with E-state index in [2.05, 4.69) is 4.98 Å². The van der Waals surface area contributed by atoms with E-state index in [1.165, 1.54) is 0 Å². The second-order valence-corrected chi connectivity index (χ2v) is 5.78. The number of nitrogens with one attached hydrogen (secondary N) is 1. The number of para-hydroxylation sites is 1. The summed E-state index contributed by atoms with van der Waals surface area (Å²) in [5.74, 6) is -0.0314. The van der Waals surface area contributed by atoms with Crippen molar-refractivity contribution in [2.75, 3.05) is 18.8 Å². The maximum Gasteiger partial charge on any atom is 0.270 e. The Balaban J connectivity index is 1.84. The molecule has 0 saturated carbocycles. The third-order valence-electron chi connectivity index (χ3n) is 4.05. The summed E-state index contributed by atoms with van der Waals surface area (Å²) in [5.41, 5.74) is 7.25. The van der Waals surface area contributed by atoms with Crippen LogP contribution < -0.4 is 5.73 Å². The Labute approximate surface area is 117 Å². The van der Waals surface area contributed by atoms with Crippen molar-refractivity contribution in [3.05, 3.63) is 30.0 Å². The number of rotatable bonds is 1. The number of aliphatic hydroxyl groups is 1. The zero-order valence-corrected chi connectivity index (χ0v) is 11.5. The van der Waals surface area contributed by atoms with Gasteiger partial charge in [0.2, 0.25) is 0 Å². The molecule has 0 atom stereocenters. The number of nitrogen functional groups attached to an aromatic ring is 1. The zero-order valence-electron chi connectivity index (χ0n) is 11.5. The molecule has 5 nitrogen and oxygen atoms in total. The fourth-order valence-electron chi connectivity index (χ4n) is 2.66. The lowest BCUT2D eigenvalue weighted by molar-refractivity contribution is -0.00216. The fourth-order valence-corrected chi connectivity index (χ4v) is 2.66. The largest absolute Gasteiger partial charge is 0.397 e. The molecule has 1 aromatic heterocycles. The molecule has 3 rings (SSSR count). The molecule has 5 heteroatoms. The molecule has 1 amide bonds. The van der Waals surface area contributed by atoms with Crippen LogP contribution >= 0.6 is 0 Å². The van der Waals surface area contributed by atoms with Crippen molar-refractivity contribution in [2.24, 2.45) is 0 Å². The van der Waals surface area contributed by atoms with Gasteiger partial charge in [-0.15, -0.1) is 0 Å². The third-order valence-corrected chi connectivity index (χ3v) is 4.05. The predicted molar refractivity (Wildman–Crippen MR) is 78.5 cm³/mol. The normalized spacial score (nSPS) is 18.4. The van der Waals surface area contributed by atoms with Crippen molar-refractivity contribution in [1.29, 1.82) is 0 Å². The Hall–Kier alpha value is -2.01. The molecule has 1 aliphatic rings. The van der Waals surface area contributed by atoms with Gasteiger partial charge in [0, 0.05) is 18.5 Å². The summed E-state index contributed by atoms with van der Waals surface area (Å²) in [7, 11) is 0. The summed E-state index contributed by atoms with van der Waals surface area (Å²) in [5, 5.41) is 10.9. The molecule has 1 saturated heterocycles. The molecule has 0 radical (unpaired) electrons. The Kier molecular flexibility index (Phi) is 2.94. The maximum atomic E-state index is 12.5. The first-order valence-corrected chi connectivity index (χ1v) is 6.85. The van der Waals surface area contributed by atoms with Gasteiger partial charge in [-0.25, -0.2) is 0 Å². The number of nitrogens with two attached hydrogens (primary N) is 1. The first kappa shape index (κ1) is 13.0. The molecule has 0 aliphatic carbocycles. The lowest BCUT2D eigenvalue weighted by Crippen LogP contribution is -2.45. The highest BCUT2D eigenvalue weighted by atomic mass is 16.3. The molecule has 20 heavy (non-hydrogen) atoms. The van der Waals surface area contributed by atoms with Crippen molar-refractivity contribution >= 4 is 22.5 Å². The fraction of sp³-hybridized carbons (Fsp3) is 0.400. The Bertz CT molecular complexity index is 650. The molecule has 0 unspecified atom stereocenters. The van der Waals surface area contributed by atoms with E-state index in [1.807, 2.05) is 31.2 Å². The molecular formula is C15H19N3O2. The van der Waals surface area contributed by atoms with Gasteiger partial charge >= 0.3 is 0 Å². The standard InChI is InChI=1S/C15H19N3O2/c1-15(20)5-7-18(8-6-15)14(19)12-9-10-3-2-4-11(16)13(10)17-12/h2-4,9,17,20H,5-8,16H2,1H3. The number of nitrogens with zero attached hydrogens (tertiary/aromatic N) is 1. The number of aromatic nitrogens is 1. The van der Waals surface area contributed by atoms with E-state index in [4.69, 9.17) is 5.73 Å². The van der Waals surface area contributed by atoms with Crippen LogP contribution in [0, 0.1) is 0 Å². The van der Waals surface area contributed by atoms with Gasteiger partial charge in [0.15, 0.2) is 0 Å². The molecular weight excluding hydrogens is 254 g/mol. The van der Waals surface area contributed by atoms with Gasteiger partial charge in [0.1, 0.15) is 5.69 Å². The second-order valence-electron chi connectivity index (χ2n) is 5.78. The monoisotopic (exact) mass is 273 g/mol. The average molecular weight is 273 g/mol. The van der Waals surface area contributed by atoms with Gasteiger partial charge < -0.3 is 20.7 Å². The number of likely N-dealkylation sites (tertiary alicyclic amines) is 1. The minimum atomic E-state index is -0.651. The van der Waals surface area contributed by atoms with Crippen LogP contribution in [0.1, 0.15) is 30.3 Å². The number of carbonyl (C=O) groups excluding carboxylic acids is 1. The molecule has 0 spiro atoms. The summed E-state index contributed by atoms with van der Waals surface area (Å²) >= 11 is 0. The molecule has 0 bridgehead atoms. The molecule has 2 heterocycles. The second kappa shape index (κ2) is 4.52. The molecule has 2 aromatic rings. The number of anilines is 1. The predicted octanol–water partition coefficient (Wildman–Crippen LogP) is 1.74. The van der Waals surface area contributed by atoms with E-state index in [-0.39, 0.29) is 5.91 Å². The van der Waals surface area contributed by atoms with Crippen LogP contribution in [0.25, 0.3) is 10.9 Å². The van der Waals surface area contributed by atoms with Crippen molar-refractivity contribution in [3.63, 3.8) is 0 Å². The quantitative estimate of drug-likeness (QED) is 0.692.